The van der Waals surface area contributed by atoms with Gasteiger partial charge in [0.1, 0.15) is 0 Å². The highest BCUT2D eigenvalue weighted by Gasteiger charge is 2.22. The molecular formula is C7H14O3. The second-order valence-corrected chi connectivity index (χ2v) is 2.63. The van der Waals surface area contributed by atoms with Crippen molar-refractivity contribution in [2.75, 3.05) is 13.2 Å². The van der Waals surface area contributed by atoms with Gasteiger partial charge in [0.2, 0.25) is 0 Å². The zero-order chi connectivity index (χ0) is 7.40. The summed E-state index contributed by atoms with van der Waals surface area (Å²) in [5.41, 5.74) is 0. The molecule has 0 aromatic heterocycles. The molecular weight excluding hydrogens is 132 g/mol. The van der Waals surface area contributed by atoms with Crippen LogP contribution in [0.2, 0.25) is 0 Å². The molecule has 0 aliphatic carbocycles. The molecule has 0 spiro atoms. The van der Waals surface area contributed by atoms with Gasteiger partial charge < -0.3 is 14.9 Å². The second kappa shape index (κ2) is 3.91. The molecule has 1 rings (SSSR count). The van der Waals surface area contributed by atoms with E-state index < -0.39 is 0 Å². The number of ether oxygens (including phenoxy) is 1. The van der Waals surface area contributed by atoms with Crippen LogP contribution in [-0.2, 0) is 4.74 Å². The average molecular weight is 146 g/mol. The van der Waals surface area contributed by atoms with Crippen LogP contribution in [0.15, 0.2) is 0 Å². The van der Waals surface area contributed by atoms with Crippen LogP contribution < -0.4 is 0 Å². The van der Waals surface area contributed by atoms with Crippen LogP contribution in [0, 0.1) is 0 Å². The van der Waals surface area contributed by atoms with E-state index in [0.717, 1.165) is 19.4 Å². The van der Waals surface area contributed by atoms with Crippen molar-refractivity contribution in [2.45, 2.75) is 31.5 Å². The van der Waals surface area contributed by atoms with Gasteiger partial charge in [0, 0.05) is 13.2 Å². The summed E-state index contributed by atoms with van der Waals surface area (Å²) in [6, 6.07) is 0. The largest absolute Gasteiger partial charge is 0.396 e. The number of rotatable bonds is 2. The molecule has 0 radical (unpaired) electrons. The van der Waals surface area contributed by atoms with Crippen molar-refractivity contribution >= 4 is 0 Å². The third kappa shape index (κ3) is 1.94. The third-order valence-corrected chi connectivity index (χ3v) is 1.82. The first-order chi connectivity index (χ1) is 4.84. The zero-order valence-corrected chi connectivity index (χ0v) is 5.99. The van der Waals surface area contributed by atoms with Crippen LogP contribution in [0.1, 0.15) is 19.3 Å². The Morgan fingerprint density at radius 2 is 2.30 bits per heavy atom. The van der Waals surface area contributed by atoms with E-state index in [-0.39, 0.29) is 18.8 Å². The summed E-state index contributed by atoms with van der Waals surface area (Å²) in [6.07, 6.45) is 1.81. The SMILES string of the molecule is OCC[C@H]1OCCC[C@@H]1O. The minimum absolute atomic E-state index is 0.0989. The summed E-state index contributed by atoms with van der Waals surface area (Å²) >= 11 is 0. The first-order valence-electron chi connectivity index (χ1n) is 3.75. The maximum absolute atomic E-state index is 9.26. The number of hydrogen-bond donors (Lipinski definition) is 2. The highest BCUT2D eigenvalue weighted by Crippen LogP contribution is 2.15. The van der Waals surface area contributed by atoms with E-state index in [1.54, 1.807) is 0 Å². The van der Waals surface area contributed by atoms with Crippen LogP contribution in [0.4, 0.5) is 0 Å². The van der Waals surface area contributed by atoms with E-state index in [4.69, 9.17) is 9.84 Å². The molecule has 1 heterocycles. The Kier molecular flexibility index (Phi) is 3.12. The molecule has 2 N–H and O–H groups in total. The fourth-order valence-electron chi connectivity index (χ4n) is 1.23. The predicted octanol–water partition coefficient (Wildman–Crippen LogP) is -0.0913. The molecule has 0 saturated carbocycles. The topological polar surface area (TPSA) is 49.7 Å². The van der Waals surface area contributed by atoms with Gasteiger partial charge in [-0.25, -0.2) is 0 Å². The Bertz CT molecular complexity index is 92.9. The van der Waals surface area contributed by atoms with E-state index in [2.05, 4.69) is 0 Å². The molecule has 2 atom stereocenters. The summed E-state index contributed by atoms with van der Waals surface area (Å²) < 4.78 is 5.22. The van der Waals surface area contributed by atoms with Gasteiger partial charge in [0.05, 0.1) is 12.2 Å². The number of aliphatic hydroxyl groups excluding tert-OH is 2. The van der Waals surface area contributed by atoms with Crippen LogP contribution >= 0.6 is 0 Å². The summed E-state index contributed by atoms with van der Waals surface area (Å²) in [7, 11) is 0. The molecule has 0 bridgehead atoms. The second-order valence-electron chi connectivity index (χ2n) is 2.63. The summed E-state index contributed by atoms with van der Waals surface area (Å²) in [5.74, 6) is 0. The highest BCUT2D eigenvalue weighted by molar-refractivity contribution is 4.72. The standard InChI is InChI=1S/C7H14O3/c8-4-3-7-6(9)2-1-5-10-7/h6-9H,1-5H2/t6-,7+/m0/s1. The number of hydrogen-bond acceptors (Lipinski definition) is 3. The Labute approximate surface area is 60.6 Å². The van der Waals surface area contributed by atoms with Gasteiger partial charge >= 0.3 is 0 Å². The first kappa shape index (κ1) is 7.98. The van der Waals surface area contributed by atoms with Gasteiger partial charge in [-0.2, -0.15) is 0 Å². The Morgan fingerprint density at radius 3 is 2.90 bits per heavy atom. The Morgan fingerprint density at radius 1 is 1.50 bits per heavy atom. The van der Waals surface area contributed by atoms with Gasteiger partial charge in [-0.05, 0) is 19.3 Å². The maximum Gasteiger partial charge on any atom is 0.0855 e. The molecule has 0 aromatic carbocycles. The van der Waals surface area contributed by atoms with Crippen molar-refractivity contribution in [3.05, 3.63) is 0 Å². The van der Waals surface area contributed by atoms with E-state index in [1.807, 2.05) is 0 Å². The van der Waals surface area contributed by atoms with E-state index in [1.165, 1.54) is 0 Å². The average Bonchev–Trinajstić information content (AvgIpc) is 1.94. The quantitative estimate of drug-likeness (QED) is 0.572. The number of aliphatic hydroxyl groups is 2. The summed E-state index contributed by atoms with van der Waals surface area (Å²) in [6.45, 7) is 0.823. The predicted molar refractivity (Wildman–Crippen MR) is 36.7 cm³/mol. The van der Waals surface area contributed by atoms with Crippen LogP contribution in [0.5, 0.6) is 0 Å². The fraction of sp³-hybridized carbons (Fsp3) is 1.00. The van der Waals surface area contributed by atoms with Crippen molar-refractivity contribution in [3.63, 3.8) is 0 Å². The Hall–Kier alpha value is -0.120. The molecule has 0 aromatic rings. The maximum atomic E-state index is 9.26. The lowest BCUT2D eigenvalue weighted by atomic mass is 10.0. The zero-order valence-electron chi connectivity index (χ0n) is 5.99. The smallest absolute Gasteiger partial charge is 0.0855 e. The first-order valence-corrected chi connectivity index (χ1v) is 3.75. The molecule has 1 aliphatic rings. The van der Waals surface area contributed by atoms with E-state index >= 15 is 0 Å². The molecule has 3 nitrogen and oxygen atoms in total. The van der Waals surface area contributed by atoms with Gasteiger partial charge in [0.25, 0.3) is 0 Å². The fourth-order valence-corrected chi connectivity index (χ4v) is 1.23. The molecule has 0 amide bonds. The lowest BCUT2D eigenvalue weighted by Crippen LogP contribution is -2.34. The Balaban J connectivity index is 2.25. The molecule has 0 unspecified atom stereocenters. The van der Waals surface area contributed by atoms with Gasteiger partial charge in [-0.3, -0.25) is 0 Å². The third-order valence-electron chi connectivity index (χ3n) is 1.82. The minimum atomic E-state index is -0.360. The van der Waals surface area contributed by atoms with Crippen molar-refractivity contribution in [1.82, 2.24) is 0 Å². The minimum Gasteiger partial charge on any atom is -0.396 e. The van der Waals surface area contributed by atoms with Gasteiger partial charge in [-0.1, -0.05) is 0 Å². The van der Waals surface area contributed by atoms with Crippen LogP contribution in [-0.4, -0.2) is 35.6 Å². The lowest BCUT2D eigenvalue weighted by molar-refractivity contribution is -0.0816. The highest BCUT2D eigenvalue weighted by atomic mass is 16.5. The van der Waals surface area contributed by atoms with Crippen LogP contribution in [0.25, 0.3) is 0 Å². The molecule has 3 heteroatoms. The molecule has 10 heavy (non-hydrogen) atoms. The van der Waals surface area contributed by atoms with E-state index in [9.17, 15) is 5.11 Å². The van der Waals surface area contributed by atoms with Crippen molar-refractivity contribution in [1.29, 1.82) is 0 Å². The van der Waals surface area contributed by atoms with Gasteiger partial charge in [-0.15, -0.1) is 0 Å². The molecule has 1 saturated heterocycles. The normalized spacial score (nSPS) is 34.2. The van der Waals surface area contributed by atoms with Gasteiger partial charge in [0.15, 0.2) is 0 Å². The molecule has 1 fully saturated rings. The molecule has 60 valence electrons. The van der Waals surface area contributed by atoms with Crippen molar-refractivity contribution in [3.8, 4) is 0 Å². The van der Waals surface area contributed by atoms with E-state index in [0.29, 0.717) is 6.42 Å². The van der Waals surface area contributed by atoms with Crippen molar-refractivity contribution in [2.24, 2.45) is 0 Å². The monoisotopic (exact) mass is 146 g/mol. The van der Waals surface area contributed by atoms with Crippen molar-refractivity contribution < 1.29 is 14.9 Å². The van der Waals surface area contributed by atoms with Crippen LogP contribution in [0.3, 0.4) is 0 Å². The molecule has 1 aliphatic heterocycles. The lowest BCUT2D eigenvalue weighted by Gasteiger charge is -2.27. The summed E-state index contributed by atoms with van der Waals surface area (Å²) in [5, 5.41) is 17.8. The summed E-state index contributed by atoms with van der Waals surface area (Å²) in [4.78, 5) is 0.